The molecule has 0 heterocycles. The lowest BCUT2D eigenvalue weighted by Gasteiger charge is -2.13. The highest BCUT2D eigenvalue weighted by Crippen LogP contribution is 2.25. The number of carbonyl (C=O) groups excluding carboxylic acids is 1. The molecule has 0 aromatic heterocycles. The Bertz CT molecular complexity index is 626. The van der Waals surface area contributed by atoms with E-state index in [2.05, 4.69) is 11.4 Å². The summed E-state index contributed by atoms with van der Waals surface area (Å²) >= 11 is 1.64. The van der Waals surface area contributed by atoms with Gasteiger partial charge in [-0.1, -0.05) is 36.4 Å². The molecule has 4 heteroatoms. The number of aryl methyl sites for hydroxylation is 2. The van der Waals surface area contributed by atoms with Gasteiger partial charge in [-0.15, -0.1) is 0 Å². The Morgan fingerprint density at radius 3 is 2.55 bits per heavy atom. The van der Waals surface area contributed by atoms with E-state index < -0.39 is 0 Å². The van der Waals surface area contributed by atoms with Crippen molar-refractivity contribution in [2.24, 2.45) is 0 Å². The fraction of sp³-hybridized carbons (Fsp3) is 0.278. The van der Waals surface area contributed by atoms with Crippen molar-refractivity contribution >= 4 is 23.5 Å². The molecule has 0 aliphatic heterocycles. The van der Waals surface area contributed by atoms with Crippen molar-refractivity contribution < 1.29 is 4.79 Å². The maximum absolute atomic E-state index is 12.1. The van der Waals surface area contributed by atoms with E-state index in [0.717, 1.165) is 22.6 Å². The van der Waals surface area contributed by atoms with Gasteiger partial charge in [-0.25, -0.2) is 0 Å². The number of hydrogen-bond acceptors (Lipinski definition) is 3. The van der Waals surface area contributed by atoms with Crippen molar-refractivity contribution in [3.05, 3.63) is 59.7 Å². The average molecular weight is 314 g/mol. The van der Waals surface area contributed by atoms with E-state index in [1.807, 2.05) is 67.8 Å². The minimum Gasteiger partial charge on any atom is -0.326 e. The van der Waals surface area contributed by atoms with Crippen molar-refractivity contribution in [2.45, 2.75) is 24.7 Å². The molecular formula is C18H22N2OS. The van der Waals surface area contributed by atoms with Crippen LogP contribution in [0.3, 0.4) is 0 Å². The Kier molecular flexibility index (Phi) is 6.04. The lowest BCUT2D eigenvalue weighted by molar-refractivity contribution is -0.116. The van der Waals surface area contributed by atoms with Crippen LogP contribution in [-0.2, 0) is 11.2 Å². The van der Waals surface area contributed by atoms with Crippen LogP contribution in [0, 0.1) is 6.92 Å². The van der Waals surface area contributed by atoms with Gasteiger partial charge in [-0.2, -0.15) is 0 Å². The number of amides is 1. The van der Waals surface area contributed by atoms with Crippen LogP contribution in [-0.4, -0.2) is 24.3 Å². The van der Waals surface area contributed by atoms with E-state index in [9.17, 15) is 4.79 Å². The number of nitrogens with one attached hydrogen (secondary N) is 1. The molecule has 0 aliphatic rings. The van der Waals surface area contributed by atoms with Crippen LogP contribution < -0.4 is 5.32 Å². The van der Waals surface area contributed by atoms with Gasteiger partial charge in [0.2, 0.25) is 5.91 Å². The van der Waals surface area contributed by atoms with Gasteiger partial charge in [-0.3, -0.25) is 9.10 Å². The second-order valence-electron chi connectivity index (χ2n) is 5.41. The summed E-state index contributed by atoms with van der Waals surface area (Å²) in [6.07, 6.45) is 1.26. The molecule has 1 amide bonds. The van der Waals surface area contributed by atoms with Gasteiger partial charge in [-0.05, 0) is 62.6 Å². The molecule has 0 spiro atoms. The third-order valence-electron chi connectivity index (χ3n) is 3.25. The van der Waals surface area contributed by atoms with E-state index in [-0.39, 0.29) is 5.91 Å². The number of rotatable bonds is 6. The van der Waals surface area contributed by atoms with Crippen LogP contribution in [0.1, 0.15) is 17.5 Å². The molecule has 3 nitrogen and oxygen atoms in total. The van der Waals surface area contributed by atoms with Gasteiger partial charge in [0.1, 0.15) is 0 Å². The molecule has 2 rings (SSSR count). The van der Waals surface area contributed by atoms with Crippen molar-refractivity contribution in [3.63, 3.8) is 0 Å². The fourth-order valence-corrected chi connectivity index (χ4v) is 2.84. The minimum absolute atomic E-state index is 0.0546. The van der Waals surface area contributed by atoms with E-state index in [4.69, 9.17) is 0 Å². The third-order valence-corrected chi connectivity index (χ3v) is 4.08. The van der Waals surface area contributed by atoms with Crippen LogP contribution in [0.2, 0.25) is 0 Å². The van der Waals surface area contributed by atoms with Crippen LogP contribution in [0.5, 0.6) is 0 Å². The number of nitrogens with zero attached hydrogens (tertiary/aromatic N) is 1. The lowest BCUT2D eigenvalue weighted by Crippen LogP contribution is -2.13. The summed E-state index contributed by atoms with van der Waals surface area (Å²) in [6, 6.07) is 16.2. The molecule has 0 saturated heterocycles. The Morgan fingerprint density at radius 1 is 1.14 bits per heavy atom. The Morgan fingerprint density at radius 2 is 1.86 bits per heavy atom. The average Bonchev–Trinajstić information content (AvgIpc) is 2.49. The summed E-state index contributed by atoms with van der Waals surface area (Å²) in [4.78, 5) is 13.3. The Labute approximate surface area is 136 Å². The molecule has 0 saturated carbocycles. The van der Waals surface area contributed by atoms with Gasteiger partial charge >= 0.3 is 0 Å². The maximum atomic E-state index is 12.1. The molecule has 0 atom stereocenters. The zero-order valence-electron chi connectivity index (χ0n) is 13.3. The first kappa shape index (κ1) is 16.6. The lowest BCUT2D eigenvalue weighted by atomic mass is 10.1. The fourth-order valence-electron chi connectivity index (χ4n) is 2.12. The van der Waals surface area contributed by atoms with Crippen molar-refractivity contribution in [1.82, 2.24) is 4.31 Å². The van der Waals surface area contributed by atoms with E-state index in [1.54, 1.807) is 11.9 Å². The summed E-state index contributed by atoms with van der Waals surface area (Å²) in [6.45, 7) is 2.01. The van der Waals surface area contributed by atoms with Crippen LogP contribution in [0.25, 0.3) is 0 Å². The summed E-state index contributed by atoms with van der Waals surface area (Å²) < 4.78 is 2.03. The highest BCUT2D eigenvalue weighted by molar-refractivity contribution is 7.97. The largest absolute Gasteiger partial charge is 0.326 e. The highest BCUT2D eigenvalue weighted by Gasteiger charge is 2.07. The SMILES string of the molecule is Cc1ccc(SN(C)C)cc1NC(=O)CCc1ccccc1. The molecule has 116 valence electrons. The predicted molar refractivity (Wildman–Crippen MR) is 94.1 cm³/mol. The maximum Gasteiger partial charge on any atom is 0.224 e. The van der Waals surface area contributed by atoms with Crippen molar-refractivity contribution in [1.29, 1.82) is 0 Å². The first-order valence-corrected chi connectivity index (χ1v) is 8.11. The summed E-state index contributed by atoms with van der Waals surface area (Å²) in [5.41, 5.74) is 3.16. The number of anilines is 1. The van der Waals surface area contributed by atoms with Gasteiger partial charge in [0.25, 0.3) is 0 Å². The Balaban J connectivity index is 1.95. The van der Waals surface area contributed by atoms with Crippen molar-refractivity contribution in [3.8, 4) is 0 Å². The molecule has 2 aromatic rings. The standard InChI is InChI=1S/C18H22N2OS/c1-14-9-11-16(22-20(2)3)13-17(14)19-18(21)12-10-15-7-5-4-6-8-15/h4-9,11,13H,10,12H2,1-3H3,(H,19,21). The van der Waals surface area contributed by atoms with Crippen LogP contribution >= 0.6 is 11.9 Å². The van der Waals surface area contributed by atoms with Gasteiger partial charge < -0.3 is 5.32 Å². The summed E-state index contributed by atoms with van der Waals surface area (Å²) in [5.74, 6) is 0.0546. The van der Waals surface area contributed by atoms with E-state index in [1.165, 1.54) is 5.56 Å². The number of hydrogen-bond donors (Lipinski definition) is 1. The first-order chi connectivity index (χ1) is 10.5. The predicted octanol–water partition coefficient (Wildman–Crippen LogP) is 4.14. The zero-order valence-corrected chi connectivity index (χ0v) is 14.1. The smallest absolute Gasteiger partial charge is 0.224 e. The Hall–Kier alpha value is -1.78. The molecular weight excluding hydrogens is 292 g/mol. The highest BCUT2D eigenvalue weighted by atomic mass is 32.2. The molecule has 0 radical (unpaired) electrons. The van der Waals surface area contributed by atoms with Crippen molar-refractivity contribution in [2.75, 3.05) is 19.4 Å². The third kappa shape index (κ3) is 5.20. The summed E-state index contributed by atoms with van der Waals surface area (Å²) in [7, 11) is 4.01. The molecule has 2 aromatic carbocycles. The number of carbonyl (C=O) groups is 1. The molecule has 1 N–H and O–H groups in total. The molecule has 0 unspecified atom stereocenters. The molecule has 0 bridgehead atoms. The van der Waals surface area contributed by atoms with Gasteiger partial charge in [0.05, 0.1) is 0 Å². The first-order valence-electron chi connectivity index (χ1n) is 7.34. The molecule has 0 aliphatic carbocycles. The quantitative estimate of drug-likeness (QED) is 0.814. The second kappa shape index (κ2) is 8.01. The number of benzene rings is 2. The van der Waals surface area contributed by atoms with Gasteiger partial charge in [0, 0.05) is 17.0 Å². The van der Waals surface area contributed by atoms with Crippen LogP contribution in [0.15, 0.2) is 53.4 Å². The normalized spacial score (nSPS) is 10.7. The summed E-state index contributed by atoms with van der Waals surface area (Å²) in [5, 5.41) is 3.02. The second-order valence-corrected chi connectivity index (χ2v) is 6.80. The minimum atomic E-state index is 0.0546. The zero-order chi connectivity index (χ0) is 15.9. The topological polar surface area (TPSA) is 32.3 Å². The van der Waals surface area contributed by atoms with E-state index in [0.29, 0.717) is 6.42 Å². The monoisotopic (exact) mass is 314 g/mol. The van der Waals surface area contributed by atoms with Gasteiger partial charge in [0.15, 0.2) is 0 Å². The van der Waals surface area contributed by atoms with Crippen LogP contribution in [0.4, 0.5) is 5.69 Å². The molecule has 22 heavy (non-hydrogen) atoms. The molecule has 0 fully saturated rings. The van der Waals surface area contributed by atoms with E-state index >= 15 is 0 Å².